The first kappa shape index (κ1) is 13.5. The van der Waals surface area contributed by atoms with E-state index in [0.29, 0.717) is 5.92 Å². The van der Waals surface area contributed by atoms with Crippen molar-refractivity contribution in [1.29, 1.82) is 0 Å². The van der Waals surface area contributed by atoms with Crippen LogP contribution in [0.25, 0.3) is 0 Å². The Bertz CT molecular complexity index is 430. The first-order valence-corrected chi connectivity index (χ1v) is 7.16. The second kappa shape index (κ2) is 5.82. The summed E-state index contributed by atoms with van der Waals surface area (Å²) >= 11 is 1.65. The third-order valence-corrected chi connectivity index (χ3v) is 4.41. The molecule has 0 aliphatic heterocycles. The fraction of sp³-hybridized carbons (Fsp3) is 0.615. The Kier molecular flexibility index (Phi) is 4.37. The molecule has 2 unspecified atom stereocenters. The van der Waals surface area contributed by atoms with E-state index in [1.54, 1.807) is 11.3 Å². The zero-order valence-electron chi connectivity index (χ0n) is 10.5. The minimum atomic E-state index is -0.886. The van der Waals surface area contributed by atoms with Crippen LogP contribution in [0.3, 0.4) is 0 Å². The van der Waals surface area contributed by atoms with E-state index in [2.05, 4.69) is 12.2 Å². The van der Waals surface area contributed by atoms with Crippen LogP contribution in [0.5, 0.6) is 0 Å². The van der Waals surface area contributed by atoms with E-state index in [1.165, 1.54) is 10.4 Å². The smallest absolute Gasteiger partial charge is 0.252 e. The molecule has 3 N–H and O–H groups in total. The number of hydrogen-bond acceptors (Lipinski definition) is 4. The quantitative estimate of drug-likeness (QED) is 0.762. The second-order valence-electron chi connectivity index (χ2n) is 4.95. The Hall–Kier alpha value is -0.910. The number of carbonyl (C=O) groups excluding carboxylic acids is 1. The Morgan fingerprint density at radius 3 is 3.17 bits per heavy atom. The molecule has 2 rings (SSSR count). The van der Waals surface area contributed by atoms with Crippen LogP contribution in [0, 0.1) is 5.92 Å². The molecule has 1 aliphatic rings. The van der Waals surface area contributed by atoms with Gasteiger partial charge in [-0.05, 0) is 30.7 Å². The molecule has 0 radical (unpaired) electrons. The maximum Gasteiger partial charge on any atom is 0.252 e. The van der Waals surface area contributed by atoms with Crippen molar-refractivity contribution in [2.45, 2.75) is 32.3 Å². The van der Waals surface area contributed by atoms with Gasteiger partial charge in [-0.2, -0.15) is 0 Å². The van der Waals surface area contributed by atoms with E-state index >= 15 is 0 Å². The number of aliphatic hydroxyl groups is 2. The molecule has 1 heterocycles. The summed E-state index contributed by atoms with van der Waals surface area (Å²) in [4.78, 5) is 13.3. The van der Waals surface area contributed by atoms with Crippen LogP contribution in [0.4, 0.5) is 0 Å². The van der Waals surface area contributed by atoms with Gasteiger partial charge in [-0.25, -0.2) is 0 Å². The molecule has 1 amide bonds. The van der Waals surface area contributed by atoms with Gasteiger partial charge in [-0.1, -0.05) is 6.92 Å². The highest BCUT2D eigenvalue weighted by Crippen LogP contribution is 2.32. The van der Waals surface area contributed by atoms with Crippen LogP contribution in [0.15, 0.2) is 5.38 Å². The molecule has 0 saturated carbocycles. The molecule has 0 bridgehead atoms. The fourth-order valence-electron chi connectivity index (χ4n) is 2.24. The van der Waals surface area contributed by atoms with Gasteiger partial charge in [0.1, 0.15) is 0 Å². The molecule has 4 nitrogen and oxygen atoms in total. The largest absolute Gasteiger partial charge is 0.394 e. The van der Waals surface area contributed by atoms with E-state index < -0.39 is 6.10 Å². The summed E-state index contributed by atoms with van der Waals surface area (Å²) < 4.78 is 0. The van der Waals surface area contributed by atoms with Gasteiger partial charge in [0.15, 0.2) is 0 Å². The molecule has 0 fully saturated rings. The summed E-state index contributed by atoms with van der Waals surface area (Å²) in [5, 5.41) is 22.5. The number of fused-ring (bicyclic) bond motifs is 1. The van der Waals surface area contributed by atoms with Gasteiger partial charge < -0.3 is 15.5 Å². The maximum atomic E-state index is 12.0. The lowest BCUT2D eigenvalue weighted by molar-refractivity contribution is 0.0801. The van der Waals surface area contributed by atoms with Gasteiger partial charge in [0.25, 0.3) is 5.91 Å². The molecule has 0 spiro atoms. The van der Waals surface area contributed by atoms with Crippen molar-refractivity contribution in [2.75, 3.05) is 13.2 Å². The summed E-state index contributed by atoms with van der Waals surface area (Å²) in [6.07, 6.45) is 2.27. The van der Waals surface area contributed by atoms with Crippen molar-refractivity contribution in [3.05, 3.63) is 21.4 Å². The topological polar surface area (TPSA) is 69.6 Å². The molecule has 1 aromatic heterocycles. The molecule has 2 atom stereocenters. The second-order valence-corrected chi connectivity index (χ2v) is 5.91. The van der Waals surface area contributed by atoms with E-state index in [9.17, 15) is 9.90 Å². The monoisotopic (exact) mass is 269 g/mol. The Morgan fingerprint density at radius 2 is 2.44 bits per heavy atom. The molecule has 1 aromatic rings. The van der Waals surface area contributed by atoms with Crippen LogP contribution in [-0.2, 0) is 12.8 Å². The van der Waals surface area contributed by atoms with Crippen molar-refractivity contribution in [1.82, 2.24) is 5.32 Å². The third-order valence-electron chi connectivity index (χ3n) is 3.36. The van der Waals surface area contributed by atoms with Crippen LogP contribution in [-0.4, -0.2) is 35.4 Å². The first-order valence-electron chi connectivity index (χ1n) is 6.28. The van der Waals surface area contributed by atoms with Gasteiger partial charge in [-0.3, -0.25) is 4.79 Å². The lowest BCUT2D eigenvalue weighted by Crippen LogP contribution is -2.34. The highest BCUT2D eigenvalue weighted by atomic mass is 32.1. The molecule has 5 heteroatoms. The van der Waals surface area contributed by atoms with Gasteiger partial charge in [0.2, 0.25) is 0 Å². The zero-order valence-corrected chi connectivity index (χ0v) is 11.3. The van der Waals surface area contributed by atoms with Crippen LogP contribution >= 0.6 is 11.3 Å². The normalized spacial score (nSPS) is 20.3. The predicted molar refractivity (Wildman–Crippen MR) is 70.9 cm³/mol. The Balaban J connectivity index is 2.03. The van der Waals surface area contributed by atoms with E-state index in [1.807, 2.05) is 5.38 Å². The molecule has 100 valence electrons. The Labute approximate surface area is 111 Å². The summed E-state index contributed by atoms with van der Waals surface area (Å²) in [6.45, 7) is 2.00. The lowest BCUT2D eigenvalue weighted by Gasteiger charge is -2.19. The van der Waals surface area contributed by atoms with Crippen molar-refractivity contribution >= 4 is 17.2 Å². The number of thiophene rings is 1. The SMILES string of the molecule is CC1CCc2c(C(=O)NCC(O)CO)csc2C1. The number of carbonyl (C=O) groups is 1. The molecular formula is C13H19NO3S. The van der Waals surface area contributed by atoms with Crippen molar-refractivity contribution in [2.24, 2.45) is 5.92 Å². The maximum absolute atomic E-state index is 12.0. The average Bonchev–Trinajstić information content (AvgIpc) is 2.78. The van der Waals surface area contributed by atoms with Gasteiger partial charge in [0.05, 0.1) is 18.3 Å². The van der Waals surface area contributed by atoms with E-state index in [0.717, 1.165) is 24.8 Å². The standard InChI is InChI=1S/C13H19NO3S/c1-8-2-3-10-11(7-18-12(10)4-8)13(17)14-5-9(16)6-15/h7-9,15-16H,2-6H2,1H3,(H,14,17). The van der Waals surface area contributed by atoms with Crippen LogP contribution in [0.1, 0.15) is 34.1 Å². The fourth-order valence-corrected chi connectivity index (χ4v) is 3.48. The average molecular weight is 269 g/mol. The number of rotatable bonds is 4. The van der Waals surface area contributed by atoms with E-state index in [4.69, 9.17) is 5.11 Å². The summed E-state index contributed by atoms with van der Waals surface area (Å²) in [6, 6.07) is 0. The minimum Gasteiger partial charge on any atom is -0.394 e. The number of aliphatic hydroxyl groups excluding tert-OH is 2. The van der Waals surface area contributed by atoms with Gasteiger partial charge in [0, 0.05) is 16.8 Å². The van der Waals surface area contributed by atoms with Crippen molar-refractivity contribution < 1.29 is 15.0 Å². The van der Waals surface area contributed by atoms with Crippen LogP contribution < -0.4 is 5.32 Å². The lowest BCUT2D eigenvalue weighted by atomic mass is 9.88. The Morgan fingerprint density at radius 1 is 1.67 bits per heavy atom. The molecule has 1 aliphatic carbocycles. The summed E-state index contributed by atoms with van der Waals surface area (Å²) in [7, 11) is 0. The highest BCUT2D eigenvalue weighted by molar-refractivity contribution is 7.10. The summed E-state index contributed by atoms with van der Waals surface area (Å²) in [5.41, 5.74) is 1.92. The first-order chi connectivity index (χ1) is 8.61. The summed E-state index contributed by atoms with van der Waals surface area (Å²) in [5.74, 6) is 0.554. The van der Waals surface area contributed by atoms with Crippen molar-refractivity contribution in [3.8, 4) is 0 Å². The molecule has 0 aromatic carbocycles. The van der Waals surface area contributed by atoms with Crippen LogP contribution in [0.2, 0.25) is 0 Å². The molecule has 18 heavy (non-hydrogen) atoms. The van der Waals surface area contributed by atoms with Gasteiger partial charge in [-0.15, -0.1) is 11.3 Å². The highest BCUT2D eigenvalue weighted by Gasteiger charge is 2.23. The minimum absolute atomic E-state index is 0.0936. The number of nitrogens with one attached hydrogen (secondary N) is 1. The zero-order chi connectivity index (χ0) is 13.1. The number of amides is 1. The predicted octanol–water partition coefficient (Wildman–Crippen LogP) is 0.956. The number of hydrogen-bond donors (Lipinski definition) is 3. The van der Waals surface area contributed by atoms with Crippen molar-refractivity contribution in [3.63, 3.8) is 0 Å². The third kappa shape index (κ3) is 2.91. The van der Waals surface area contributed by atoms with Gasteiger partial charge >= 0.3 is 0 Å². The molecule has 0 saturated heterocycles. The molecular weight excluding hydrogens is 250 g/mol. The van der Waals surface area contributed by atoms with E-state index in [-0.39, 0.29) is 19.1 Å².